The number of pyridine rings is 2. The summed E-state index contributed by atoms with van der Waals surface area (Å²) in [4.78, 5) is 19.6. The Bertz CT molecular complexity index is 943. The topological polar surface area (TPSA) is 126 Å². The summed E-state index contributed by atoms with van der Waals surface area (Å²) in [5, 5.41) is 2.65. The van der Waals surface area contributed by atoms with Gasteiger partial charge in [-0.1, -0.05) is 0 Å². The summed E-state index contributed by atoms with van der Waals surface area (Å²) in [7, 11) is -8.16. The minimum atomic E-state index is -4.08. The number of rotatable bonds is 6. The highest BCUT2D eigenvalue weighted by Gasteiger charge is 2.28. The molecule has 0 bridgehead atoms. The molecule has 1 amide bonds. The van der Waals surface area contributed by atoms with E-state index in [1.54, 1.807) is 18.2 Å². The fraction of sp³-hybridized carbons (Fsp3) is 0.214. The van der Waals surface area contributed by atoms with E-state index < -0.39 is 20.0 Å². The molecule has 0 unspecified atom stereocenters. The smallest absolute Gasteiger partial charge is 0.251 e. The Morgan fingerprint density at radius 1 is 1.04 bits per heavy atom. The highest BCUT2D eigenvalue weighted by atomic mass is 32.3. The number of carbonyl (C=O) groups is 1. The molecular formula is C14H16N4O5S2. The molecule has 2 aromatic rings. The van der Waals surface area contributed by atoms with Gasteiger partial charge in [0.2, 0.25) is 20.0 Å². The SMILES string of the molecule is CS(=O)(=O)N(c1cc(CNC(=O)c2ccncc2)ccn1)S(C)(=O)=O. The van der Waals surface area contributed by atoms with Gasteiger partial charge in [-0.05, 0) is 29.8 Å². The number of aromatic nitrogens is 2. The van der Waals surface area contributed by atoms with Crippen molar-refractivity contribution in [1.29, 1.82) is 0 Å². The molecule has 0 aliphatic heterocycles. The highest BCUT2D eigenvalue weighted by Crippen LogP contribution is 2.19. The number of hydrogen-bond donors (Lipinski definition) is 1. The van der Waals surface area contributed by atoms with Crippen LogP contribution < -0.4 is 9.03 Å². The van der Waals surface area contributed by atoms with Gasteiger partial charge in [0, 0.05) is 30.7 Å². The van der Waals surface area contributed by atoms with Gasteiger partial charge in [0.25, 0.3) is 5.91 Å². The van der Waals surface area contributed by atoms with E-state index in [2.05, 4.69) is 15.3 Å². The molecule has 25 heavy (non-hydrogen) atoms. The largest absolute Gasteiger partial charge is 0.348 e. The fourth-order valence-electron chi connectivity index (χ4n) is 2.04. The van der Waals surface area contributed by atoms with Crippen LogP contribution in [0.4, 0.5) is 5.82 Å². The van der Waals surface area contributed by atoms with Crippen molar-refractivity contribution in [2.75, 3.05) is 16.2 Å². The van der Waals surface area contributed by atoms with Crippen LogP contribution in [0.15, 0.2) is 42.9 Å². The summed E-state index contributed by atoms with van der Waals surface area (Å²) < 4.78 is 47.3. The Hall–Kier alpha value is -2.53. The lowest BCUT2D eigenvalue weighted by molar-refractivity contribution is 0.0950. The molecule has 0 aliphatic carbocycles. The molecule has 2 heterocycles. The van der Waals surface area contributed by atoms with Crippen molar-refractivity contribution in [2.24, 2.45) is 0 Å². The molecule has 0 aromatic carbocycles. The average molecular weight is 384 g/mol. The van der Waals surface area contributed by atoms with Gasteiger partial charge in [0.15, 0.2) is 5.82 Å². The first-order valence-corrected chi connectivity index (χ1v) is 10.6. The van der Waals surface area contributed by atoms with Crippen molar-refractivity contribution in [3.8, 4) is 0 Å². The van der Waals surface area contributed by atoms with E-state index >= 15 is 0 Å². The van der Waals surface area contributed by atoms with E-state index in [4.69, 9.17) is 0 Å². The van der Waals surface area contributed by atoms with Gasteiger partial charge in [-0.15, -0.1) is 3.71 Å². The van der Waals surface area contributed by atoms with Gasteiger partial charge < -0.3 is 5.32 Å². The maximum absolute atomic E-state index is 12.0. The second-order valence-corrected chi connectivity index (χ2v) is 9.06. The minimum Gasteiger partial charge on any atom is -0.348 e. The molecule has 9 nitrogen and oxygen atoms in total. The van der Waals surface area contributed by atoms with Crippen LogP contribution in [0.1, 0.15) is 15.9 Å². The van der Waals surface area contributed by atoms with Gasteiger partial charge in [-0.2, -0.15) is 0 Å². The Morgan fingerprint density at radius 2 is 1.64 bits per heavy atom. The Kier molecular flexibility index (Phi) is 5.38. The van der Waals surface area contributed by atoms with Crippen molar-refractivity contribution in [1.82, 2.24) is 15.3 Å². The summed E-state index contributed by atoms with van der Waals surface area (Å²) >= 11 is 0. The molecule has 2 rings (SSSR count). The Morgan fingerprint density at radius 3 is 2.20 bits per heavy atom. The standard InChI is InChI=1S/C14H16N4O5S2/c1-24(20,21)18(25(2,22)23)13-9-11(3-8-16-13)10-17-14(19)12-4-6-15-7-5-12/h3-9H,10H2,1-2H3,(H,17,19). The number of nitrogens with zero attached hydrogens (tertiary/aromatic N) is 3. The van der Waals surface area contributed by atoms with E-state index in [-0.39, 0.29) is 22.0 Å². The van der Waals surface area contributed by atoms with Crippen LogP contribution in [0.25, 0.3) is 0 Å². The van der Waals surface area contributed by atoms with Crippen LogP contribution in [0.2, 0.25) is 0 Å². The first-order valence-electron chi connectivity index (χ1n) is 6.92. The lowest BCUT2D eigenvalue weighted by atomic mass is 10.2. The van der Waals surface area contributed by atoms with Crippen molar-refractivity contribution >= 4 is 31.8 Å². The summed E-state index contributed by atoms with van der Waals surface area (Å²) in [5.74, 6) is -0.607. The summed E-state index contributed by atoms with van der Waals surface area (Å²) in [5.41, 5.74) is 0.905. The summed E-state index contributed by atoms with van der Waals surface area (Å²) in [6.45, 7) is 0.0675. The first kappa shape index (κ1) is 18.8. The number of hydrogen-bond acceptors (Lipinski definition) is 7. The van der Waals surface area contributed by atoms with Crippen molar-refractivity contribution in [3.05, 3.63) is 54.0 Å². The van der Waals surface area contributed by atoms with Crippen molar-refractivity contribution < 1.29 is 21.6 Å². The predicted octanol–water partition coefficient (Wildman–Crippen LogP) is 0.132. The number of amides is 1. The fourth-order valence-corrected chi connectivity index (χ4v) is 4.89. The lowest BCUT2D eigenvalue weighted by Crippen LogP contribution is -2.36. The van der Waals surface area contributed by atoms with Gasteiger partial charge >= 0.3 is 0 Å². The van der Waals surface area contributed by atoms with Gasteiger partial charge in [-0.3, -0.25) is 9.78 Å². The molecule has 0 radical (unpaired) electrons. The van der Waals surface area contributed by atoms with Crippen molar-refractivity contribution in [3.63, 3.8) is 0 Å². The zero-order valence-corrected chi connectivity index (χ0v) is 15.1. The number of sulfonamides is 2. The lowest BCUT2D eigenvalue weighted by Gasteiger charge is -2.19. The first-order chi connectivity index (χ1) is 11.6. The molecule has 0 aliphatic rings. The molecule has 0 spiro atoms. The molecule has 11 heteroatoms. The highest BCUT2D eigenvalue weighted by molar-refractivity contribution is 8.09. The molecule has 0 fully saturated rings. The Balaban J connectivity index is 2.23. The van der Waals surface area contributed by atoms with Crippen LogP contribution >= 0.6 is 0 Å². The predicted molar refractivity (Wildman–Crippen MR) is 91.8 cm³/mol. The normalized spacial score (nSPS) is 11.8. The van der Waals surface area contributed by atoms with E-state index in [1.807, 2.05) is 0 Å². The molecule has 2 aromatic heterocycles. The van der Waals surface area contributed by atoms with Crippen LogP contribution in [0.5, 0.6) is 0 Å². The minimum absolute atomic E-state index is 0.0675. The Labute approximate surface area is 145 Å². The molecule has 134 valence electrons. The average Bonchev–Trinajstić information content (AvgIpc) is 2.51. The second-order valence-electron chi connectivity index (χ2n) is 5.16. The maximum Gasteiger partial charge on any atom is 0.251 e. The number of nitrogens with one attached hydrogen (secondary N) is 1. The summed E-state index contributed by atoms with van der Waals surface area (Å²) in [6, 6.07) is 5.92. The van der Waals surface area contributed by atoms with Gasteiger partial charge in [-0.25, -0.2) is 21.8 Å². The number of anilines is 1. The van der Waals surface area contributed by atoms with Crippen LogP contribution in [0.3, 0.4) is 0 Å². The maximum atomic E-state index is 12.0. The third-order valence-electron chi connectivity index (χ3n) is 2.99. The van der Waals surface area contributed by atoms with E-state index in [0.717, 1.165) is 12.5 Å². The van der Waals surface area contributed by atoms with E-state index in [9.17, 15) is 21.6 Å². The third-order valence-corrected chi connectivity index (χ3v) is 6.20. The molecule has 1 N–H and O–H groups in total. The van der Waals surface area contributed by atoms with E-state index in [0.29, 0.717) is 11.1 Å². The zero-order chi connectivity index (χ0) is 18.7. The molecular weight excluding hydrogens is 368 g/mol. The third kappa shape index (κ3) is 4.97. The quantitative estimate of drug-likeness (QED) is 0.750. The van der Waals surface area contributed by atoms with Crippen LogP contribution in [-0.2, 0) is 26.6 Å². The monoisotopic (exact) mass is 384 g/mol. The number of carbonyl (C=O) groups excluding carboxylic acids is 1. The van der Waals surface area contributed by atoms with Crippen LogP contribution in [0, 0.1) is 0 Å². The van der Waals surface area contributed by atoms with Gasteiger partial charge in [0.1, 0.15) is 0 Å². The summed E-state index contributed by atoms with van der Waals surface area (Å²) in [6.07, 6.45) is 5.78. The van der Waals surface area contributed by atoms with Gasteiger partial charge in [0.05, 0.1) is 12.5 Å². The van der Waals surface area contributed by atoms with E-state index in [1.165, 1.54) is 24.7 Å². The van der Waals surface area contributed by atoms with Crippen molar-refractivity contribution in [2.45, 2.75) is 6.54 Å². The van der Waals surface area contributed by atoms with Crippen LogP contribution in [-0.4, -0.2) is 45.2 Å². The molecule has 0 atom stereocenters. The second kappa shape index (κ2) is 7.15. The molecule has 0 saturated heterocycles. The zero-order valence-electron chi connectivity index (χ0n) is 13.4. The molecule has 0 saturated carbocycles.